The Morgan fingerprint density at radius 3 is 2.60 bits per heavy atom. The summed E-state index contributed by atoms with van der Waals surface area (Å²) in [6, 6.07) is 9.79. The summed E-state index contributed by atoms with van der Waals surface area (Å²) in [6.45, 7) is 1.98. The van der Waals surface area contributed by atoms with Gasteiger partial charge in [0, 0.05) is 17.3 Å². The maximum atomic E-state index is 13.1. The third kappa shape index (κ3) is 4.08. The highest BCUT2D eigenvalue weighted by atomic mass is 19.1. The normalized spacial score (nSPS) is 11.9. The Hall–Kier alpha value is -3.04. The van der Waals surface area contributed by atoms with E-state index >= 15 is 0 Å². The van der Waals surface area contributed by atoms with Crippen LogP contribution in [0.3, 0.4) is 0 Å². The second-order valence-corrected chi connectivity index (χ2v) is 5.79. The molecule has 2 aromatic heterocycles. The van der Waals surface area contributed by atoms with E-state index in [4.69, 9.17) is 4.52 Å². The van der Waals surface area contributed by atoms with Crippen molar-refractivity contribution in [3.8, 4) is 23.4 Å². The minimum absolute atomic E-state index is 0.0256. The molecule has 25 heavy (non-hydrogen) atoms. The summed E-state index contributed by atoms with van der Waals surface area (Å²) in [5, 5.41) is 3.97. The molecule has 3 rings (SSSR count). The Morgan fingerprint density at radius 2 is 1.92 bits per heavy atom. The van der Waals surface area contributed by atoms with Crippen LogP contribution in [0.4, 0.5) is 4.39 Å². The smallest absolute Gasteiger partial charge is 0.244 e. The monoisotopic (exact) mass is 336 g/mol. The third-order valence-corrected chi connectivity index (χ3v) is 3.74. The van der Waals surface area contributed by atoms with Crippen LogP contribution < -0.4 is 0 Å². The first-order valence-corrected chi connectivity index (χ1v) is 7.77. The molecule has 0 aliphatic carbocycles. The van der Waals surface area contributed by atoms with Crippen LogP contribution in [0.15, 0.2) is 47.1 Å². The highest BCUT2D eigenvalue weighted by Crippen LogP contribution is 2.19. The van der Waals surface area contributed by atoms with E-state index in [1.54, 1.807) is 24.4 Å². The molecule has 0 fully saturated rings. The fourth-order valence-corrected chi connectivity index (χ4v) is 2.04. The van der Waals surface area contributed by atoms with E-state index in [1.807, 2.05) is 32.0 Å². The lowest BCUT2D eigenvalue weighted by Gasteiger charge is -2.14. The number of aromatic nitrogens is 3. The quantitative estimate of drug-likeness (QED) is 0.687. The standard InChI is InChI=1S/C19H17FN4O/c1-13(24(2)3)19-22-18(23-25-19)17-10-9-15(12-21-17)8-7-14-5-4-6-16(20)11-14/h4-6,9-13H,1-3H3/t13-/m1/s1. The molecular formula is C19H17FN4O. The molecule has 0 bridgehead atoms. The number of hydrogen-bond acceptors (Lipinski definition) is 5. The summed E-state index contributed by atoms with van der Waals surface area (Å²) in [5.74, 6) is 6.53. The van der Waals surface area contributed by atoms with Crippen LogP contribution in [0.1, 0.15) is 30.0 Å². The van der Waals surface area contributed by atoms with Crippen LogP contribution in [0.2, 0.25) is 0 Å². The van der Waals surface area contributed by atoms with E-state index < -0.39 is 0 Å². The zero-order valence-corrected chi connectivity index (χ0v) is 14.2. The van der Waals surface area contributed by atoms with Gasteiger partial charge < -0.3 is 4.52 Å². The largest absolute Gasteiger partial charge is 0.337 e. The molecule has 0 unspecified atom stereocenters. The maximum Gasteiger partial charge on any atom is 0.244 e. The lowest BCUT2D eigenvalue weighted by atomic mass is 10.2. The van der Waals surface area contributed by atoms with Gasteiger partial charge in [-0.25, -0.2) is 4.39 Å². The van der Waals surface area contributed by atoms with Gasteiger partial charge >= 0.3 is 0 Å². The summed E-state index contributed by atoms with van der Waals surface area (Å²) >= 11 is 0. The van der Waals surface area contributed by atoms with Gasteiger partial charge in [0.05, 0.1) is 6.04 Å². The number of pyridine rings is 1. The van der Waals surface area contributed by atoms with Crippen molar-refractivity contribution in [1.82, 2.24) is 20.0 Å². The predicted molar refractivity (Wildman–Crippen MR) is 92.0 cm³/mol. The first kappa shape index (κ1) is 16.8. The molecule has 1 atom stereocenters. The highest BCUT2D eigenvalue weighted by molar-refractivity contribution is 5.50. The van der Waals surface area contributed by atoms with Crippen molar-refractivity contribution in [2.24, 2.45) is 0 Å². The van der Waals surface area contributed by atoms with Gasteiger partial charge in [0.15, 0.2) is 0 Å². The Labute approximate surface area is 145 Å². The lowest BCUT2D eigenvalue weighted by Crippen LogP contribution is -2.16. The van der Waals surface area contributed by atoms with Crippen molar-refractivity contribution in [3.63, 3.8) is 0 Å². The molecule has 2 heterocycles. The van der Waals surface area contributed by atoms with Crippen LogP contribution in [0.5, 0.6) is 0 Å². The van der Waals surface area contributed by atoms with Crippen LogP contribution in [-0.4, -0.2) is 34.1 Å². The second-order valence-electron chi connectivity index (χ2n) is 5.79. The molecule has 6 heteroatoms. The van der Waals surface area contributed by atoms with Crippen molar-refractivity contribution < 1.29 is 8.91 Å². The van der Waals surface area contributed by atoms with E-state index in [1.165, 1.54) is 12.1 Å². The SMILES string of the molecule is C[C@H](c1nc(-c2ccc(C#Cc3cccc(F)c3)cn2)no1)N(C)C. The van der Waals surface area contributed by atoms with Crippen molar-refractivity contribution in [1.29, 1.82) is 0 Å². The number of hydrogen-bond donors (Lipinski definition) is 0. The van der Waals surface area contributed by atoms with E-state index in [9.17, 15) is 4.39 Å². The molecule has 3 aromatic rings. The minimum atomic E-state index is -0.305. The van der Waals surface area contributed by atoms with Crippen LogP contribution in [0, 0.1) is 17.7 Å². The fourth-order valence-electron chi connectivity index (χ4n) is 2.04. The van der Waals surface area contributed by atoms with E-state index in [2.05, 4.69) is 27.0 Å². The first-order valence-electron chi connectivity index (χ1n) is 7.77. The second kappa shape index (κ2) is 7.24. The zero-order chi connectivity index (χ0) is 17.8. The Balaban J connectivity index is 1.77. The number of benzene rings is 1. The van der Waals surface area contributed by atoms with Gasteiger partial charge in [-0.15, -0.1) is 0 Å². The number of nitrogens with zero attached hydrogens (tertiary/aromatic N) is 4. The molecule has 0 aliphatic rings. The average molecular weight is 336 g/mol. The van der Waals surface area contributed by atoms with E-state index in [0.29, 0.717) is 23.0 Å². The molecule has 0 saturated carbocycles. The van der Waals surface area contributed by atoms with Crippen LogP contribution in [0.25, 0.3) is 11.5 Å². The summed E-state index contributed by atoms with van der Waals surface area (Å²) in [6.07, 6.45) is 1.63. The summed E-state index contributed by atoms with van der Waals surface area (Å²) in [5.41, 5.74) is 1.94. The Kier molecular flexibility index (Phi) is 4.87. The topological polar surface area (TPSA) is 55.1 Å². The summed E-state index contributed by atoms with van der Waals surface area (Å²) in [7, 11) is 3.89. The maximum absolute atomic E-state index is 13.1. The Bertz CT molecular complexity index is 922. The zero-order valence-electron chi connectivity index (χ0n) is 14.2. The molecule has 0 amide bonds. The minimum Gasteiger partial charge on any atom is -0.337 e. The summed E-state index contributed by atoms with van der Waals surface area (Å²) in [4.78, 5) is 10.7. The highest BCUT2D eigenvalue weighted by Gasteiger charge is 2.17. The molecular weight excluding hydrogens is 319 g/mol. The molecule has 0 radical (unpaired) electrons. The average Bonchev–Trinajstić information content (AvgIpc) is 3.09. The van der Waals surface area contributed by atoms with Crippen LogP contribution in [-0.2, 0) is 0 Å². The van der Waals surface area contributed by atoms with Gasteiger partial charge in [-0.05, 0) is 51.4 Å². The van der Waals surface area contributed by atoms with E-state index in [-0.39, 0.29) is 11.9 Å². The van der Waals surface area contributed by atoms with Gasteiger partial charge in [-0.2, -0.15) is 4.98 Å². The molecule has 0 saturated heterocycles. The van der Waals surface area contributed by atoms with Gasteiger partial charge in [-0.1, -0.05) is 23.1 Å². The van der Waals surface area contributed by atoms with Crippen molar-refractivity contribution in [2.75, 3.05) is 14.1 Å². The van der Waals surface area contributed by atoms with Crippen molar-refractivity contribution >= 4 is 0 Å². The van der Waals surface area contributed by atoms with Crippen molar-refractivity contribution in [2.45, 2.75) is 13.0 Å². The molecule has 126 valence electrons. The van der Waals surface area contributed by atoms with Crippen LogP contribution >= 0.6 is 0 Å². The fraction of sp³-hybridized carbons (Fsp3) is 0.211. The molecule has 1 aromatic carbocycles. The number of rotatable bonds is 3. The van der Waals surface area contributed by atoms with E-state index in [0.717, 1.165) is 5.56 Å². The Morgan fingerprint density at radius 1 is 1.12 bits per heavy atom. The van der Waals surface area contributed by atoms with Crippen molar-refractivity contribution in [3.05, 3.63) is 65.4 Å². The third-order valence-electron chi connectivity index (χ3n) is 3.74. The van der Waals surface area contributed by atoms with Gasteiger partial charge in [0.1, 0.15) is 11.5 Å². The number of halogens is 1. The molecule has 0 aliphatic heterocycles. The van der Waals surface area contributed by atoms with Gasteiger partial charge in [0.25, 0.3) is 0 Å². The molecule has 5 nitrogen and oxygen atoms in total. The predicted octanol–water partition coefficient (Wildman–Crippen LogP) is 3.29. The summed E-state index contributed by atoms with van der Waals surface area (Å²) < 4.78 is 18.4. The van der Waals surface area contributed by atoms with Gasteiger partial charge in [0.2, 0.25) is 11.7 Å². The van der Waals surface area contributed by atoms with Gasteiger partial charge in [-0.3, -0.25) is 9.88 Å². The lowest BCUT2D eigenvalue weighted by molar-refractivity contribution is 0.245. The first-order chi connectivity index (χ1) is 12.0. The molecule has 0 spiro atoms. The molecule has 0 N–H and O–H groups in total.